The fraction of sp³-hybridized carbons (Fsp3) is 0.500. The molecular formula is C14H21ClN2O2. The lowest BCUT2D eigenvalue weighted by Crippen LogP contribution is -2.35. The number of rotatable bonds is 7. The van der Waals surface area contributed by atoms with E-state index in [2.05, 4.69) is 12.2 Å². The molecule has 0 saturated heterocycles. The fourth-order valence-corrected chi connectivity index (χ4v) is 1.83. The average molecular weight is 285 g/mol. The van der Waals surface area contributed by atoms with Crippen LogP contribution in [-0.2, 0) is 4.79 Å². The monoisotopic (exact) mass is 284 g/mol. The number of amides is 1. The highest BCUT2D eigenvalue weighted by Crippen LogP contribution is 2.28. The van der Waals surface area contributed by atoms with E-state index in [-0.39, 0.29) is 5.91 Å². The van der Waals surface area contributed by atoms with Crippen LogP contribution in [-0.4, -0.2) is 18.6 Å². The molecular weight excluding hydrogens is 264 g/mol. The molecule has 0 saturated carbocycles. The average Bonchev–Trinajstić information content (AvgIpc) is 2.39. The van der Waals surface area contributed by atoms with Crippen molar-refractivity contribution in [2.45, 2.75) is 39.2 Å². The van der Waals surface area contributed by atoms with Crippen LogP contribution in [0.3, 0.4) is 0 Å². The standard InChI is InChI=1S/C14H21ClN2O2/c1-3-5-6-11(16)14(18)17-12-9-10(15)7-8-13(12)19-4-2/h7-9,11H,3-6,16H2,1-2H3,(H,17,18). The molecule has 0 aliphatic heterocycles. The van der Waals surface area contributed by atoms with Gasteiger partial charge < -0.3 is 15.8 Å². The number of hydrogen-bond acceptors (Lipinski definition) is 3. The van der Waals surface area contributed by atoms with Crippen molar-refractivity contribution in [3.8, 4) is 5.75 Å². The lowest BCUT2D eigenvalue weighted by molar-refractivity contribution is -0.117. The molecule has 0 radical (unpaired) electrons. The summed E-state index contributed by atoms with van der Waals surface area (Å²) in [5.74, 6) is 0.389. The van der Waals surface area contributed by atoms with Crippen molar-refractivity contribution >= 4 is 23.2 Å². The van der Waals surface area contributed by atoms with E-state index in [1.54, 1.807) is 18.2 Å². The van der Waals surface area contributed by atoms with Gasteiger partial charge in [0.1, 0.15) is 5.75 Å². The summed E-state index contributed by atoms with van der Waals surface area (Å²) in [6.45, 7) is 4.47. The summed E-state index contributed by atoms with van der Waals surface area (Å²) in [5, 5.41) is 3.31. The van der Waals surface area contributed by atoms with Crippen LogP contribution in [0.15, 0.2) is 18.2 Å². The Kier molecular flexibility index (Phi) is 6.67. The summed E-state index contributed by atoms with van der Waals surface area (Å²) >= 11 is 5.93. The smallest absolute Gasteiger partial charge is 0.241 e. The van der Waals surface area contributed by atoms with Gasteiger partial charge in [-0.1, -0.05) is 31.4 Å². The van der Waals surface area contributed by atoms with Gasteiger partial charge >= 0.3 is 0 Å². The Bertz CT molecular complexity index is 424. The highest BCUT2D eigenvalue weighted by atomic mass is 35.5. The first kappa shape index (κ1) is 15.8. The Morgan fingerprint density at radius 2 is 2.21 bits per heavy atom. The zero-order valence-electron chi connectivity index (χ0n) is 11.4. The van der Waals surface area contributed by atoms with Crippen LogP contribution < -0.4 is 15.8 Å². The number of benzene rings is 1. The normalized spacial score (nSPS) is 12.0. The van der Waals surface area contributed by atoms with Crippen molar-refractivity contribution in [3.05, 3.63) is 23.2 Å². The number of ether oxygens (including phenoxy) is 1. The summed E-state index contributed by atoms with van der Waals surface area (Å²) in [6, 6.07) is 4.61. The van der Waals surface area contributed by atoms with Crippen molar-refractivity contribution in [1.82, 2.24) is 0 Å². The SMILES string of the molecule is CCCCC(N)C(=O)Nc1cc(Cl)ccc1OCC. The van der Waals surface area contributed by atoms with Gasteiger partial charge in [0.15, 0.2) is 0 Å². The third-order valence-corrected chi connectivity index (χ3v) is 2.94. The van der Waals surface area contributed by atoms with Crippen LogP contribution in [0.4, 0.5) is 5.69 Å². The molecule has 1 rings (SSSR count). The quantitative estimate of drug-likeness (QED) is 0.808. The third-order valence-electron chi connectivity index (χ3n) is 2.70. The maximum Gasteiger partial charge on any atom is 0.241 e. The van der Waals surface area contributed by atoms with Crippen molar-refractivity contribution < 1.29 is 9.53 Å². The molecule has 0 spiro atoms. The summed E-state index contributed by atoms with van der Waals surface area (Å²) in [7, 11) is 0. The van der Waals surface area contributed by atoms with Gasteiger partial charge in [-0.2, -0.15) is 0 Å². The van der Waals surface area contributed by atoms with Crippen molar-refractivity contribution in [2.75, 3.05) is 11.9 Å². The molecule has 0 aromatic heterocycles. The van der Waals surface area contributed by atoms with Gasteiger partial charge in [-0.25, -0.2) is 0 Å². The minimum absolute atomic E-state index is 0.211. The van der Waals surface area contributed by atoms with E-state index in [9.17, 15) is 4.79 Å². The number of unbranched alkanes of at least 4 members (excludes halogenated alkanes) is 1. The van der Waals surface area contributed by atoms with E-state index in [1.807, 2.05) is 6.92 Å². The molecule has 19 heavy (non-hydrogen) atoms. The second kappa shape index (κ2) is 8.02. The molecule has 1 amide bonds. The molecule has 0 heterocycles. The molecule has 0 aliphatic carbocycles. The van der Waals surface area contributed by atoms with Gasteiger partial charge in [-0.05, 0) is 31.5 Å². The minimum atomic E-state index is -0.506. The van der Waals surface area contributed by atoms with Crippen LogP contribution in [0.2, 0.25) is 5.02 Å². The first-order valence-electron chi connectivity index (χ1n) is 6.57. The molecule has 1 unspecified atom stereocenters. The zero-order valence-corrected chi connectivity index (χ0v) is 12.2. The Balaban J connectivity index is 2.74. The number of anilines is 1. The highest BCUT2D eigenvalue weighted by Gasteiger charge is 2.15. The molecule has 4 nitrogen and oxygen atoms in total. The van der Waals surface area contributed by atoms with E-state index in [4.69, 9.17) is 22.1 Å². The molecule has 1 aromatic rings. The summed E-state index contributed by atoms with van der Waals surface area (Å²) in [4.78, 5) is 12.0. The molecule has 5 heteroatoms. The Labute approximate surface area is 119 Å². The first-order chi connectivity index (χ1) is 9.08. The molecule has 106 valence electrons. The largest absolute Gasteiger partial charge is 0.492 e. The van der Waals surface area contributed by atoms with E-state index < -0.39 is 6.04 Å². The second-order valence-electron chi connectivity index (χ2n) is 4.31. The first-order valence-corrected chi connectivity index (χ1v) is 6.95. The van der Waals surface area contributed by atoms with Gasteiger partial charge in [0.05, 0.1) is 18.3 Å². The topological polar surface area (TPSA) is 64.4 Å². The molecule has 0 bridgehead atoms. The Morgan fingerprint density at radius 1 is 1.47 bits per heavy atom. The Morgan fingerprint density at radius 3 is 2.84 bits per heavy atom. The number of halogens is 1. The molecule has 3 N–H and O–H groups in total. The van der Waals surface area contributed by atoms with Gasteiger partial charge in [0.2, 0.25) is 5.91 Å². The van der Waals surface area contributed by atoms with Crippen molar-refractivity contribution in [2.24, 2.45) is 5.73 Å². The Hall–Kier alpha value is -1.26. The predicted molar refractivity (Wildman–Crippen MR) is 78.8 cm³/mol. The van der Waals surface area contributed by atoms with E-state index in [1.165, 1.54) is 0 Å². The number of nitrogens with two attached hydrogens (primary N) is 1. The van der Waals surface area contributed by atoms with Gasteiger partial charge in [-0.3, -0.25) is 4.79 Å². The minimum Gasteiger partial charge on any atom is -0.492 e. The number of hydrogen-bond donors (Lipinski definition) is 2. The maximum absolute atomic E-state index is 12.0. The molecule has 1 atom stereocenters. The predicted octanol–water partition coefficient (Wildman–Crippen LogP) is 3.19. The van der Waals surface area contributed by atoms with Gasteiger partial charge in [0, 0.05) is 5.02 Å². The van der Waals surface area contributed by atoms with Crippen LogP contribution in [0.5, 0.6) is 5.75 Å². The molecule has 0 aliphatic rings. The van der Waals surface area contributed by atoms with Crippen LogP contribution in [0.25, 0.3) is 0 Å². The number of carbonyl (C=O) groups is 1. The van der Waals surface area contributed by atoms with Crippen LogP contribution in [0, 0.1) is 0 Å². The zero-order chi connectivity index (χ0) is 14.3. The van der Waals surface area contributed by atoms with Crippen molar-refractivity contribution in [1.29, 1.82) is 0 Å². The highest BCUT2D eigenvalue weighted by molar-refractivity contribution is 6.31. The molecule has 1 aromatic carbocycles. The second-order valence-corrected chi connectivity index (χ2v) is 4.75. The van der Waals surface area contributed by atoms with Crippen LogP contribution in [0.1, 0.15) is 33.1 Å². The number of carbonyl (C=O) groups excluding carboxylic acids is 1. The van der Waals surface area contributed by atoms with E-state index in [0.29, 0.717) is 29.5 Å². The van der Waals surface area contributed by atoms with E-state index in [0.717, 1.165) is 12.8 Å². The number of nitrogens with one attached hydrogen (secondary N) is 1. The third kappa shape index (κ3) is 5.09. The van der Waals surface area contributed by atoms with E-state index >= 15 is 0 Å². The summed E-state index contributed by atoms with van der Waals surface area (Å²) < 4.78 is 5.44. The van der Waals surface area contributed by atoms with Crippen LogP contribution >= 0.6 is 11.6 Å². The van der Waals surface area contributed by atoms with Gasteiger partial charge in [-0.15, -0.1) is 0 Å². The lowest BCUT2D eigenvalue weighted by atomic mass is 10.1. The summed E-state index contributed by atoms with van der Waals surface area (Å²) in [5.41, 5.74) is 6.39. The lowest BCUT2D eigenvalue weighted by Gasteiger charge is -2.15. The maximum atomic E-state index is 12.0. The molecule has 0 fully saturated rings. The summed E-state index contributed by atoms with van der Waals surface area (Å²) in [6.07, 6.45) is 2.62. The fourth-order valence-electron chi connectivity index (χ4n) is 1.66. The van der Waals surface area contributed by atoms with Gasteiger partial charge in [0.25, 0.3) is 0 Å². The van der Waals surface area contributed by atoms with Crippen molar-refractivity contribution in [3.63, 3.8) is 0 Å².